The van der Waals surface area contributed by atoms with Crippen molar-refractivity contribution >= 4 is 22.6 Å². The number of para-hydroxylation sites is 1. The van der Waals surface area contributed by atoms with E-state index in [-0.39, 0.29) is 5.91 Å². The van der Waals surface area contributed by atoms with E-state index >= 15 is 0 Å². The van der Waals surface area contributed by atoms with Crippen molar-refractivity contribution in [1.29, 1.82) is 0 Å². The smallest absolute Gasteiger partial charge is 0.255 e. The highest BCUT2D eigenvalue weighted by molar-refractivity contribution is 6.06. The van der Waals surface area contributed by atoms with Crippen LogP contribution in [0.5, 0.6) is 11.5 Å². The molecule has 0 saturated carbocycles. The molecule has 1 heterocycles. The summed E-state index contributed by atoms with van der Waals surface area (Å²) in [5.41, 5.74) is 4.32. The van der Waals surface area contributed by atoms with Gasteiger partial charge in [0, 0.05) is 17.3 Å². The minimum Gasteiger partial charge on any atom is -0.497 e. The number of carbonyl (C=O) groups is 1. The largest absolute Gasteiger partial charge is 0.497 e. The van der Waals surface area contributed by atoms with Crippen LogP contribution in [0.3, 0.4) is 0 Å². The van der Waals surface area contributed by atoms with Crippen LogP contribution in [0.2, 0.25) is 0 Å². The highest BCUT2D eigenvalue weighted by atomic mass is 16.5. The Kier molecular flexibility index (Phi) is 4.87. The van der Waals surface area contributed by atoms with E-state index in [1.54, 1.807) is 37.2 Å². The van der Waals surface area contributed by atoms with Crippen molar-refractivity contribution in [1.82, 2.24) is 15.0 Å². The lowest BCUT2D eigenvalue weighted by Crippen LogP contribution is -2.13. The number of nitrogens with zero attached hydrogens (tertiary/aromatic N) is 3. The maximum atomic E-state index is 12.8. The predicted molar refractivity (Wildman–Crippen MR) is 111 cm³/mol. The number of rotatable bonds is 5. The molecule has 0 aliphatic carbocycles. The minimum absolute atomic E-state index is 0.264. The van der Waals surface area contributed by atoms with Crippen molar-refractivity contribution in [2.45, 2.75) is 6.92 Å². The molecule has 0 bridgehead atoms. The molecule has 4 aromatic rings. The Balaban J connectivity index is 1.66. The highest BCUT2D eigenvalue weighted by Crippen LogP contribution is 2.25. The molecule has 1 aromatic heterocycles. The van der Waals surface area contributed by atoms with Gasteiger partial charge in [-0.2, -0.15) is 4.80 Å². The second-order valence-corrected chi connectivity index (χ2v) is 6.54. The highest BCUT2D eigenvalue weighted by Gasteiger charge is 2.14. The van der Waals surface area contributed by atoms with Crippen molar-refractivity contribution in [3.05, 3.63) is 71.8 Å². The van der Waals surface area contributed by atoms with E-state index in [1.165, 1.54) is 0 Å². The zero-order chi connectivity index (χ0) is 20.4. The summed E-state index contributed by atoms with van der Waals surface area (Å²) in [6, 6.07) is 18.5. The number of carbonyl (C=O) groups excluding carboxylic acids is 1. The van der Waals surface area contributed by atoms with E-state index in [2.05, 4.69) is 15.5 Å². The van der Waals surface area contributed by atoms with Crippen LogP contribution in [-0.2, 0) is 0 Å². The molecule has 0 aliphatic rings. The quantitative estimate of drug-likeness (QED) is 0.559. The van der Waals surface area contributed by atoms with Crippen molar-refractivity contribution in [2.75, 3.05) is 19.5 Å². The summed E-state index contributed by atoms with van der Waals surface area (Å²) < 4.78 is 10.5. The average molecular weight is 388 g/mol. The Hall–Kier alpha value is -3.87. The van der Waals surface area contributed by atoms with E-state index in [4.69, 9.17) is 9.47 Å². The molecular formula is C22H20N4O3. The predicted octanol–water partition coefficient (Wildman–Crippen LogP) is 4.00. The van der Waals surface area contributed by atoms with Gasteiger partial charge in [0.25, 0.3) is 5.91 Å². The van der Waals surface area contributed by atoms with Crippen LogP contribution in [0.25, 0.3) is 16.7 Å². The summed E-state index contributed by atoms with van der Waals surface area (Å²) in [6.07, 6.45) is 0. The fourth-order valence-electron chi connectivity index (χ4n) is 3.01. The molecule has 146 valence electrons. The van der Waals surface area contributed by atoms with Gasteiger partial charge in [0.1, 0.15) is 22.5 Å². The molecule has 3 aromatic carbocycles. The Labute approximate surface area is 167 Å². The molecule has 0 atom stereocenters. The van der Waals surface area contributed by atoms with Crippen molar-refractivity contribution in [2.24, 2.45) is 0 Å². The molecule has 7 heteroatoms. The Morgan fingerprint density at radius 1 is 0.897 bits per heavy atom. The molecule has 1 amide bonds. The molecule has 7 nitrogen and oxygen atoms in total. The molecule has 0 saturated heterocycles. The average Bonchev–Trinajstić information content (AvgIpc) is 3.16. The van der Waals surface area contributed by atoms with Crippen LogP contribution in [0.15, 0.2) is 60.7 Å². The molecule has 29 heavy (non-hydrogen) atoms. The van der Waals surface area contributed by atoms with Crippen LogP contribution < -0.4 is 14.8 Å². The van der Waals surface area contributed by atoms with Gasteiger partial charge >= 0.3 is 0 Å². The van der Waals surface area contributed by atoms with E-state index in [1.807, 2.05) is 49.4 Å². The monoisotopic (exact) mass is 388 g/mol. The number of fused-ring (bicyclic) bond motifs is 1. The molecule has 0 spiro atoms. The lowest BCUT2D eigenvalue weighted by Gasteiger charge is -2.11. The summed E-state index contributed by atoms with van der Waals surface area (Å²) in [4.78, 5) is 14.4. The van der Waals surface area contributed by atoms with E-state index < -0.39 is 0 Å². The molecule has 1 N–H and O–H groups in total. The number of aromatic nitrogens is 3. The molecule has 4 rings (SSSR count). The van der Waals surface area contributed by atoms with Gasteiger partial charge in [0.2, 0.25) is 0 Å². The third-order valence-electron chi connectivity index (χ3n) is 4.58. The van der Waals surface area contributed by atoms with Crippen LogP contribution in [0.1, 0.15) is 15.9 Å². The van der Waals surface area contributed by atoms with Crippen molar-refractivity contribution < 1.29 is 14.3 Å². The van der Waals surface area contributed by atoms with E-state index in [9.17, 15) is 4.79 Å². The molecule has 0 aliphatic heterocycles. The summed E-state index contributed by atoms with van der Waals surface area (Å²) in [5.74, 6) is 0.833. The zero-order valence-corrected chi connectivity index (χ0v) is 16.3. The first-order valence-electron chi connectivity index (χ1n) is 9.05. The number of amides is 1. The van der Waals surface area contributed by atoms with E-state index in [0.29, 0.717) is 28.3 Å². The SMILES string of the molecule is COc1cc(OC)cc(C(=O)Nc2cc3nn(-c4ccccc4)nc3cc2C)c1. The Bertz CT molecular complexity index is 1160. The van der Waals surface area contributed by atoms with Gasteiger partial charge in [-0.15, -0.1) is 10.2 Å². The number of aryl methyl sites for hydroxylation is 1. The lowest BCUT2D eigenvalue weighted by atomic mass is 10.1. The van der Waals surface area contributed by atoms with Gasteiger partial charge in [0.05, 0.1) is 19.9 Å². The number of benzene rings is 3. The van der Waals surface area contributed by atoms with Gasteiger partial charge in [-0.05, 0) is 48.9 Å². The zero-order valence-electron chi connectivity index (χ0n) is 16.3. The Morgan fingerprint density at radius 3 is 2.14 bits per heavy atom. The second kappa shape index (κ2) is 7.63. The number of ether oxygens (including phenoxy) is 2. The number of anilines is 1. The topological polar surface area (TPSA) is 78.3 Å². The fraction of sp³-hybridized carbons (Fsp3) is 0.136. The standard InChI is InChI=1S/C22H20N4O3/c1-14-9-20-21(25-26(24-20)16-7-5-4-6-8-16)13-19(14)23-22(27)15-10-17(28-2)12-18(11-15)29-3/h4-13H,1-3H3,(H,23,27). The van der Waals surface area contributed by atoms with Crippen LogP contribution in [-0.4, -0.2) is 35.1 Å². The maximum Gasteiger partial charge on any atom is 0.255 e. The van der Waals surface area contributed by atoms with Crippen molar-refractivity contribution in [3.8, 4) is 17.2 Å². The Morgan fingerprint density at radius 2 is 1.52 bits per heavy atom. The van der Waals surface area contributed by atoms with Gasteiger partial charge in [-0.25, -0.2) is 0 Å². The van der Waals surface area contributed by atoms with Gasteiger partial charge in [-0.1, -0.05) is 18.2 Å². The van der Waals surface area contributed by atoms with Crippen LogP contribution in [0, 0.1) is 6.92 Å². The second-order valence-electron chi connectivity index (χ2n) is 6.54. The van der Waals surface area contributed by atoms with E-state index in [0.717, 1.165) is 16.8 Å². The third kappa shape index (κ3) is 3.75. The first kappa shape index (κ1) is 18.5. The number of methoxy groups -OCH3 is 2. The number of hydrogen-bond donors (Lipinski definition) is 1. The first-order chi connectivity index (χ1) is 14.1. The molecule has 0 fully saturated rings. The lowest BCUT2D eigenvalue weighted by molar-refractivity contribution is 0.102. The third-order valence-corrected chi connectivity index (χ3v) is 4.58. The normalized spacial score (nSPS) is 10.7. The molecular weight excluding hydrogens is 368 g/mol. The van der Waals surface area contributed by atoms with Crippen molar-refractivity contribution in [3.63, 3.8) is 0 Å². The maximum absolute atomic E-state index is 12.8. The number of hydrogen-bond acceptors (Lipinski definition) is 5. The van der Waals surface area contributed by atoms with Crippen LogP contribution in [0.4, 0.5) is 5.69 Å². The first-order valence-corrected chi connectivity index (χ1v) is 9.05. The molecule has 0 radical (unpaired) electrons. The van der Waals surface area contributed by atoms with Crippen LogP contribution >= 0.6 is 0 Å². The molecule has 0 unspecified atom stereocenters. The summed E-state index contributed by atoms with van der Waals surface area (Å²) >= 11 is 0. The number of nitrogens with one attached hydrogen (secondary N) is 1. The van der Waals surface area contributed by atoms with Gasteiger partial charge in [0.15, 0.2) is 0 Å². The van der Waals surface area contributed by atoms with Gasteiger partial charge < -0.3 is 14.8 Å². The minimum atomic E-state index is -0.264. The van der Waals surface area contributed by atoms with Gasteiger partial charge in [-0.3, -0.25) is 4.79 Å². The summed E-state index contributed by atoms with van der Waals surface area (Å²) in [6.45, 7) is 1.92. The fourth-order valence-corrected chi connectivity index (χ4v) is 3.01. The summed E-state index contributed by atoms with van der Waals surface area (Å²) in [5, 5.41) is 12.0. The summed E-state index contributed by atoms with van der Waals surface area (Å²) in [7, 11) is 3.09.